The number of hydrogen-bond donors (Lipinski definition) is 1. The van der Waals surface area contributed by atoms with Gasteiger partial charge in [-0.3, -0.25) is 0 Å². The van der Waals surface area contributed by atoms with Crippen molar-refractivity contribution in [3.8, 4) is 5.75 Å². The van der Waals surface area contributed by atoms with E-state index in [9.17, 15) is 13.2 Å². The first-order chi connectivity index (χ1) is 7.02. The molecule has 0 aliphatic carbocycles. The van der Waals surface area contributed by atoms with E-state index in [1.807, 2.05) is 0 Å². The fraction of sp³-hybridized carbons (Fsp3) is 0.400. The molecular formula is C10H11ClF3NO. The van der Waals surface area contributed by atoms with Gasteiger partial charge in [0.2, 0.25) is 0 Å². The molecule has 1 aliphatic rings. The van der Waals surface area contributed by atoms with Gasteiger partial charge in [0, 0.05) is 5.56 Å². The molecule has 1 aromatic carbocycles. The minimum Gasteiger partial charge on any atom is -0.491 e. The van der Waals surface area contributed by atoms with Crippen molar-refractivity contribution in [2.24, 2.45) is 0 Å². The highest BCUT2D eigenvalue weighted by atomic mass is 35.5. The van der Waals surface area contributed by atoms with Crippen LogP contribution in [0.1, 0.15) is 17.2 Å². The van der Waals surface area contributed by atoms with Crippen molar-refractivity contribution in [2.45, 2.75) is 12.2 Å². The SMILES string of the molecule is CN[C@@H]1COc2cc(C(F)(F)F)ccc21.Cl. The fourth-order valence-electron chi connectivity index (χ4n) is 1.63. The van der Waals surface area contributed by atoms with E-state index in [-0.39, 0.29) is 18.4 Å². The number of alkyl halides is 3. The van der Waals surface area contributed by atoms with Crippen molar-refractivity contribution in [3.63, 3.8) is 0 Å². The summed E-state index contributed by atoms with van der Waals surface area (Å²) in [7, 11) is 1.75. The zero-order valence-electron chi connectivity index (χ0n) is 8.47. The van der Waals surface area contributed by atoms with E-state index in [0.29, 0.717) is 12.4 Å². The van der Waals surface area contributed by atoms with Gasteiger partial charge >= 0.3 is 6.18 Å². The van der Waals surface area contributed by atoms with Crippen LogP contribution in [0.25, 0.3) is 0 Å². The molecule has 0 aromatic heterocycles. The smallest absolute Gasteiger partial charge is 0.416 e. The van der Waals surface area contributed by atoms with E-state index in [4.69, 9.17) is 4.74 Å². The molecule has 1 atom stereocenters. The average molecular weight is 254 g/mol. The van der Waals surface area contributed by atoms with Crippen molar-refractivity contribution in [1.29, 1.82) is 0 Å². The van der Waals surface area contributed by atoms with E-state index in [2.05, 4.69) is 5.32 Å². The van der Waals surface area contributed by atoms with E-state index >= 15 is 0 Å². The predicted molar refractivity (Wildman–Crippen MR) is 56.0 cm³/mol. The molecule has 0 saturated heterocycles. The second-order valence-electron chi connectivity index (χ2n) is 3.40. The number of hydrogen-bond acceptors (Lipinski definition) is 2. The maximum atomic E-state index is 12.4. The third kappa shape index (κ3) is 2.25. The van der Waals surface area contributed by atoms with Crippen LogP contribution in [-0.4, -0.2) is 13.7 Å². The molecule has 0 saturated carbocycles. The molecule has 1 aromatic rings. The molecule has 2 nitrogen and oxygen atoms in total. The molecule has 0 fully saturated rings. The lowest BCUT2D eigenvalue weighted by Gasteiger charge is -2.09. The summed E-state index contributed by atoms with van der Waals surface area (Å²) < 4.78 is 42.3. The van der Waals surface area contributed by atoms with E-state index in [0.717, 1.165) is 17.7 Å². The van der Waals surface area contributed by atoms with Crippen LogP contribution in [0.15, 0.2) is 18.2 Å². The molecule has 0 bridgehead atoms. The Morgan fingerprint density at radius 1 is 1.38 bits per heavy atom. The Labute approximate surface area is 97.2 Å². The van der Waals surface area contributed by atoms with Crippen molar-refractivity contribution in [3.05, 3.63) is 29.3 Å². The average Bonchev–Trinajstić information content (AvgIpc) is 2.58. The van der Waals surface area contributed by atoms with Crippen LogP contribution in [0.3, 0.4) is 0 Å². The molecule has 0 radical (unpaired) electrons. The van der Waals surface area contributed by atoms with Gasteiger partial charge < -0.3 is 10.1 Å². The summed E-state index contributed by atoms with van der Waals surface area (Å²) >= 11 is 0. The van der Waals surface area contributed by atoms with E-state index < -0.39 is 11.7 Å². The molecule has 6 heteroatoms. The van der Waals surface area contributed by atoms with E-state index in [1.165, 1.54) is 6.07 Å². The molecule has 1 heterocycles. The summed E-state index contributed by atoms with van der Waals surface area (Å²) in [6, 6.07) is 3.58. The third-order valence-electron chi connectivity index (χ3n) is 2.47. The molecule has 90 valence electrons. The lowest BCUT2D eigenvalue weighted by Crippen LogP contribution is -2.17. The highest BCUT2D eigenvalue weighted by Crippen LogP contribution is 2.37. The van der Waals surface area contributed by atoms with Gasteiger partial charge in [-0.15, -0.1) is 12.4 Å². The number of halogens is 4. The lowest BCUT2D eigenvalue weighted by molar-refractivity contribution is -0.137. The standard InChI is InChI=1S/C10H10F3NO.ClH/c1-14-8-5-15-9-4-6(10(11,12)13)2-3-7(8)9;/h2-4,8,14H,5H2,1H3;1H/t8-;/m1./s1. The van der Waals surface area contributed by atoms with Crippen LogP contribution in [0.2, 0.25) is 0 Å². The number of ether oxygens (including phenoxy) is 1. The van der Waals surface area contributed by atoms with Crippen molar-refractivity contribution >= 4 is 12.4 Å². The Morgan fingerprint density at radius 3 is 2.62 bits per heavy atom. The summed E-state index contributed by atoms with van der Waals surface area (Å²) in [5, 5.41) is 2.97. The maximum absolute atomic E-state index is 12.4. The first-order valence-electron chi connectivity index (χ1n) is 4.53. The Balaban J connectivity index is 0.00000128. The molecule has 16 heavy (non-hydrogen) atoms. The maximum Gasteiger partial charge on any atom is 0.416 e. The lowest BCUT2D eigenvalue weighted by atomic mass is 10.1. The predicted octanol–water partition coefficient (Wildman–Crippen LogP) is 2.78. The zero-order chi connectivity index (χ0) is 11.1. The Hall–Kier alpha value is -0.940. The molecular weight excluding hydrogens is 243 g/mol. The first-order valence-corrected chi connectivity index (χ1v) is 4.53. The topological polar surface area (TPSA) is 21.3 Å². The first kappa shape index (κ1) is 13.1. The molecule has 1 aliphatic heterocycles. The third-order valence-corrected chi connectivity index (χ3v) is 2.47. The van der Waals surface area contributed by atoms with E-state index in [1.54, 1.807) is 7.05 Å². The molecule has 1 N–H and O–H groups in total. The van der Waals surface area contributed by atoms with Crippen LogP contribution in [0.5, 0.6) is 5.75 Å². The molecule has 0 spiro atoms. The van der Waals surface area contributed by atoms with Gasteiger partial charge in [-0.25, -0.2) is 0 Å². The van der Waals surface area contributed by atoms with Crippen molar-refractivity contribution < 1.29 is 17.9 Å². The van der Waals surface area contributed by atoms with Gasteiger partial charge in [-0.05, 0) is 19.2 Å². The number of fused-ring (bicyclic) bond motifs is 1. The van der Waals surface area contributed by atoms with Gasteiger partial charge in [0.25, 0.3) is 0 Å². The molecule has 0 unspecified atom stereocenters. The zero-order valence-corrected chi connectivity index (χ0v) is 9.28. The van der Waals surface area contributed by atoms with Gasteiger partial charge in [0.15, 0.2) is 0 Å². The highest BCUT2D eigenvalue weighted by Gasteiger charge is 2.33. The summed E-state index contributed by atoms with van der Waals surface area (Å²) in [5.74, 6) is 0.323. The Kier molecular flexibility index (Phi) is 3.70. The number of rotatable bonds is 1. The Bertz CT molecular complexity index is 381. The van der Waals surface area contributed by atoms with Crippen LogP contribution >= 0.6 is 12.4 Å². The molecule has 0 amide bonds. The normalized spacial score (nSPS) is 18.6. The number of nitrogens with one attached hydrogen (secondary N) is 1. The number of likely N-dealkylation sites (N-methyl/N-ethyl adjacent to an activating group) is 1. The van der Waals surface area contributed by atoms with Crippen LogP contribution in [-0.2, 0) is 6.18 Å². The highest BCUT2D eigenvalue weighted by molar-refractivity contribution is 5.85. The Morgan fingerprint density at radius 2 is 2.06 bits per heavy atom. The van der Waals surface area contributed by atoms with Crippen LogP contribution in [0.4, 0.5) is 13.2 Å². The minimum atomic E-state index is -4.31. The van der Waals surface area contributed by atoms with Crippen molar-refractivity contribution in [1.82, 2.24) is 5.32 Å². The minimum absolute atomic E-state index is 0. The second kappa shape index (κ2) is 4.51. The van der Waals surface area contributed by atoms with Crippen molar-refractivity contribution in [2.75, 3.05) is 13.7 Å². The van der Waals surface area contributed by atoms with Crippen LogP contribution < -0.4 is 10.1 Å². The van der Waals surface area contributed by atoms with Gasteiger partial charge in [-0.2, -0.15) is 13.2 Å². The van der Waals surface area contributed by atoms with Gasteiger partial charge in [0.1, 0.15) is 12.4 Å². The summed E-state index contributed by atoms with van der Waals surface area (Å²) in [5.41, 5.74) is 0.114. The number of benzene rings is 1. The second-order valence-corrected chi connectivity index (χ2v) is 3.40. The summed E-state index contributed by atoms with van der Waals surface area (Å²) in [6.45, 7) is 0.382. The summed E-state index contributed by atoms with van der Waals surface area (Å²) in [6.07, 6.45) is -4.31. The van der Waals surface area contributed by atoms with Gasteiger partial charge in [0.05, 0.1) is 11.6 Å². The summed E-state index contributed by atoms with van der Waals surface area (Å²) in [4.78, 5) is 0. The van der Waals surface area contributed by atoms with Gasteiger partial charge in [-0.1, -0.05) is 6.07 Å². The quantitative estimate of drug-likeness (QED) is 0.831. The molecule has 2 rings (SSSR count). The largest absolute Gasteiger partial charge is 0.491 e. The monoisotopic (exact) mass is 253 g/mol. The fourth-order valence-corrected chi connectivity index (χ4v) is 1.63. The van der Waals surface area contributed by atoms with Crippen LogP contribution in [0, 0.1) is 0 Å².